The Balaban J connectivity index is 1.83. The van der Waals surface area contributed by atoms with Crippen LogP contribution in [-0.4, -0.2) is 68.8 Å². The van der Waals surface area contributed by atoms with Crippen molar-refractivity contribution in [2.45, 2.75) is 69.7 Å². The van der Waals surface area contributed by atoms with Crippen molar-refractivity contribution in [1.82, 2.24) is 10.2 Å². The standard InChI is InChI=1S/C24H38N2O5/c1-23(2,3)31-22(27)26-14-6-7-20(26)21(18-8-10-19(28-4)11-9-18)25-17-24(29-5)12-15-30-16-13-24/h8-11,20-21,25H,6-7,12-17H2,1-5H3/t20-,21+/m1/s1. The van der Waals surface area contributed by atoms with Crippen molar-refractivity contribution in [2.24, 2.45) is 0 Å². The number of rotatable bonds is 7. The molecule has 2 aliphatic rings. The fourth-order valence-corrected chi connectivity index (χ4v) is 4.47. The summed E-state index contributed by atoms with van der Waals surface area (Å²) in [6.45, 7) is 8.53. The van der Waals surface area contributed by atoms with Gasteiger partial charge in [-0.25, -0.2) is 4.79 Å². The maximum atomic E-state index is 12.9. The Labute approximate surface area is 186 Å². The Hall–Kier alpha value is -1.83. The van der Waals surface area contributed by atoms with Crippen molar-refractivity contribution < 1.29 is 23.7 Å². The van der Waals surface area contributed by atoms with E-state index in [9.17, 15) is 4.79 Å². The average molecular weight is 435 g/mol. The van der Waals surface area contributed by atoms with E-state index in [0.717, 1.165) is 37.0 Å². The first-order valence-electron chi connectivity index (χ1n) is 11.3. The highest BCUT2D eigenvalue weighted by Gasteiger charge is 2.40. The first-order chi connectivity index (χ1) is 14.8. The van der Waals surface area contributed by atoms with Gasteiger partial charge >= 0.3 is 6.09 Å². The van der Waals surface area contributed by atoms with Crippen LogP contribution in [0.2, 0.25) is 0 Å². The summed E-state index contributed by atoms with van der Waals surface area (Å²) in [4.78, 5) is 14.8. The fourth-order valence-electron chi connectivity index (χ4n) is 4.47. The minimum absolute atomic E-state index is 0.0111. The van der Waals surface area contributed by atoms with Crippen molar-refractivity contribution >= 4 is 6.09 Å². The number of ether oxygens (including phenoxy) is 4. The average Bonchev–Trinajstić information content (AvgIpc) is 3.24. The van der Waals surface area contributed by atoms with Crippen LogP contribution in [-0.2, 0) is 14.2 Å². The molecule has 0 spiro atoms. The molecule has 2 atom stereocenters. The molecule has 0 unspecified atom stereocenters. The molecule has 2 fully saturated rings. The second kappa shape index (κ2) is 10.2. The van der Waals surface area contributed by atoms with E-state index in [2.05, 4.69) is 17.4 Å². The van der Waals surface area contributed by atoms with E-state index in [4.69, 9.17) is 18.9 Å². The van der Waals surface area contributed by atoms with Crippen molar-refractivity contribution in [3.8, 4) is 5.75 Å². The molecule has 174 valence electrons. The van der Waals surface area contributed by atoms with E-state index >= 15 is 0 Å². The van der Waals surface area contributed by atoms with E-state index in [-0.39, 0.29) is 23.8 Å². The predicted octanol–water partition coefficient (Wildman–Crippen LogP) is 3.92. The minimum Gasteiger partial charge on any atom is -0.497 e. The summed E-state index contributed by atoms with van der Waals surface area (Å²) in [5, 5.41) is 3.75. The molecular weight excluding hydrogens is 396 g/mol. The zero-order valence-corrected chi connectivity index (χ0v) is 19.6. The van der Waals surface area contributed by atoms with Gasteiger partial charge in [-0.3, -0.25) is 0 Å². The van der Waals surface area contributed by atoms with Gasteiger partial charge < -0.3 is 29.2 Å². The molecule has 0 aliphatic carbocycles. The van der Waals surface area contributed by atoms with Crippen LogP contribution in [0.25, 0.3) is 0 Å². The van der Waals surface area contributed by atoms with Crippen LogP contribution in [0, 0.1) is 0 Å². The Morgan fingerprint density at radius 3 is 2.48 bits per heavy atom. The second-order valence-corrected chi connectivity index (χ2v) is 9.51. The number of carbonyl (C=O) groups excluding carboxylic acids is 1. The minimum atomic E-state index is -0.518. The van der Waals surface area contributed by atoms with Crippen molar-refractivity contribution in [3.63, 3.8) is 0 Å². The smallest absolute Gasteiger partial charge is 0.410 e. The number of methoxy groups -OCH3 is 2. The lowest BCUT2D eigenvalue weighted by atomic mass is 9.91. The lowest BCUT2D eigenvalue weighted by Gasteiger charge is -2.39. The Morgan fingerprint density at radius 2 is 1.90 bits per heavy atom. The molecule has 3 rings (SSSR count). The van der Waals surface area contributed by atoms with Crippen LogP contribution in [0.15, 0.2) is 24.3 Å². The van der Waals surface area contributed by atoms with Crippen LogP contribution < -0.4 is 10.1 Å². The van der Waals surface area contributed by atoms with E-state index in [0.29, 0.717) is 26.3 Å². The number of amides is 1. The van der Waals surface area contributed by atoms with Crippen LogP contribution >= 0.6 is 0 Å². The molecule has 0 saturated carbocycles. The van der Waals surface area contributed by atoms with Crippen LogP contribution in [0.3, 0.4) is 0 Å². The van der Waals surface area contributed by atoms with Gasteiger partial charge in [-0.2, -0.15) is 0 Å². The van der Waals surface area contributed by atoms with Gasteiger partial charge in [0.1, 0.15) is 11.4 Å². The highest BCUT2D eigenvalue weighted by molar-refractivity contribution is 5.69. The van der Waals surface area contributed by atoms with Crippen molar-refractivity contribution in [3.05, 3.63) is 29.8 Å². The summed E-state index contributed by atoms with van der Waals surface area (Å²) in [7, 11) is 3.44. The third kappa shape index (κ3) is 6.11. The van der Waals surface area contributed by atoms with E-state index in [1.165, 1.54) is 0 Å². The predicted molar refractivity (Wildman–Crippen MR) is 119 cm³/mol. The normalized spacial score (nSPS) is 22.2. The highest BCUT2D eigenvalue weighted by Crippen LogP contribution is 2.33. The number of carbonyl (C=O) groups is 1. The molecule has 7 nitrogen and oxygen atoms in total. The Kier molecular flexibility index (Phi) is 7.83. The molecule has 1 aromatic rings. The third-order valence-corrected chi connectivity index (χ3v) is 6.27. The number of hydrogen-bond acceptors (Lipinski definition) is 6. The van der Waals surface area contributed by atoms with Crippen molar-refractivity contribution in [2.75, 3.05) is 40.5 Å². The van der Waals surface area contributed by atoms with Gasteiger partial charge in [0.05, 0.1) is 24.8 Å². The second-order valence-electron chi connectivity index (χ2n) is 9.51. The van der Waals surface area contributed by atoms with Gasteiger partial charge in [0, 0.05) is 46.3 Å². The first kappa shape index (κ1) is 23.8. The molecule has 0 aromatic heterocycles. The molecule has 1 N–H and O–H groups in total. The summed E-state index contributed by atoms with van der Waals surface area (Å²) in [6.07, 6.45) is 3.34. The van der Waals surface area contributed by atoms with Crippen LogP contribution in [0.1, 0.15) is 58.1 Å². The van der Waals surface area contributed by atoms with Gasteiger partial charge in [-0.15, -0.1) is 0 Å². The molecule has 7 heteroatoms. The third-order valence-electron chi connectivity index (χ3n) is 6.27. The van der Waals surface area contributed by atoms with E-state index < -0.39 is 5.60 Å². The van der Waals surface area contributed by atoms with E-state index in [1.54, 1.807) is 14.2 Å². The number of hydrogen-bond donors (Lipinski definition) is 1. The van der Waals surface area contributed by atoms with Gasteiger partial charge in [-0.05, 0) is 51.3 Å². The summed E-state index contributed by atoms with van der Waals surface area (Å²) >= 11 is 0. The molecule has 1 aromatic carbocycles. The SMILES string of the molecule is COc1ccc([C@H](NCC2(OC)CCOCC2)[C@H]2CCCN2C(=O)OC(C)(C)C)cc1. The summed E-state index contributed by atoms with van der Waals surface area (Å²) in [6, 6.07) is 8.07. The number of likely N-dealkylation sites (tertiary alicyclic amines) is 1. The monoisotopic (exact) mass is 434 g/mol. The van der Waals surface area contributed by atoms with Gasteiger partial charge in [0.25, 0.3) is 0 Å². The first-order valence-corrected chi connectivity index (χ1v) is 11.3. The number of nitrogens with one attached hydrogen (secondary N) is 1. The zero-order chi connectivity index (χ0) is 22.5. The van der Waals surface area contributed by atoms with E-state index in [1.807, 2.05) is 37.8 Å². The summed E-state index contributed by atoms with van der Waals surface area (Å²) in [5.41, 5.74) is 0.355. The van der Waals surface area contributed by atoms with Gasteiger partial charge in [0.15, 0.2) is 0 Å². The largest absolute Gasteiger partial charge is 0.497 e. The quantitative estimate of drug-likeness (QED) is 0.702. The number of nitrogens with zero attached hydrogens (tertiary/aromatic N) is 1. The summed E-state index contributed by atoms with van der Waals surface area (Å²) in [5.74, 6) is 0.815. The highest BCUT2D eigenvalue weighted by atomic mass is 16.6. The summed E-state index contributed by atoms with van der Waals surface area (Å²) < 4.78 is 22.5. The molecule has 2 heterocycles. The number of benzene rings is 1. The van der Waals surface area contributed by atoms with Gasteiger partial charge in [0.2, 0.25) is 0 Å². The Morgan fingerprint density at radius 1 is 1.23 bits per heavy atom. The molecule has 1 amide bonds. The van der Waals surface area contributed by atoms with Gasteiger partial charge in [-0.1, -0.05) is 12.1 Å². The van der Waals surface area contributed by atoms with Crippen molar-refractivity contribution in [1.29, 1.82) is 0 Å². The molecular formula is C24H38N2O5. The molecule has 0 radical (unpaired) electrons. The van der Waals surface area contributed by atoms with Crippen LogP contribution in [0.4, 0.5) is 4.79 Å². The zero-order valence-electron chi connectivity index (χ0n) is 19.6. The lowest BCUT2D eigenvalue weighted by molar-refractivity contribution is -0.0894. The molecule has 2 saturated heterocycles. The Bertz CT molecular complexity index is 710. The maximum Gasteiger partial charge on any atom is 0.410 e. The molecule has 2 aliphatic heterocycles. The van der Waals surface area contributed by atoms with Crippen LogP contribution in [0.5, 0.6) is 5.75 Å². The maximum absolute atomic E-state index is 12.9. The molecule has 0 bridgehead atoms. The lowest BCUT2D eigenvalue weighted by Crippen LogP contribution is -2.51. The fraction of sp³-hybridized carbons (Fsp3) is 0.708. The molecule has 31 heavy (non-hydrogen) atoms. The topological polar surface area (TPSA) is 69.3 Å².